The lowest BCUT2D eigenvalue weighted by Crippen LogP contribution is -2.13. The van der Waals surface area contributed by atoms with Crippen LogP contribution < -0.4 is 0 Å². The maximum absolute atomic E-state index is 5.03. The fourth-order valence-corrected chi connectivity index (χ4v) is 3.04. The Morgan fingerprint density at radius 2 is 0.917 bits per heavy atom. The molecule has 2 nitrogen and oxygen atoms in total. The minimum absolute atomic E-state index is 0.586. The predicted molar refractivity (Wildman–Crippen MR) is 99.8 cm³/mol. The van der Waals surface area contributed by atoms with Crippen LogP contribution in [0.15, 0.2) is 101 Å². The number of nitrogens with zero attached hydrogens (tertiary/aromatic N) is 2. The topological polar surface area (TPSA) is 24.7 Å². The first-order valence-corrected chi connectivity index (χ1v) is 8.13. The minimum atomic E-state index is -0.586. The molecule has 0 unspecified atom stereocenters. The summed E-state index contributed by atoms with van der Waals surface area (Å²) in [6, 6.07) is 30.8. The molecule has 24 heavy (non-hydrogen) atoms. The van der Waals surface area contributed by atoms with Crippen molar-refractivity contribution in [2.75, 3.05) is 0 Å². The van der Waals surface area contributed by atoms with E-state index in [9.17, 15) is 0 Å². The summed E-state index contributed by atoms with van der Waals surface area (Å²) in [5.74, 6) is 0. The quantitative estimate of drug-likeness (QED) is 0.660. The zero-order valence-corrected chi connectivity index (χ0v) is 13.6. The van der Waals surface area contributed by atoms with E-state index in [0.717, 1.165) is 28.1 Å². The van der Waals surface area contributed by atoms with Gasteiger partial charge < -0.3 is 0 Å². The number of hydrogen-bond acceptors (Lipinski definition) is 2. The lowest BCUT2D eigenvalue weighted by atomic mass is 10.0. The van der Waals surface area contributed by atoms with Crippen LogP contribution in [0.3, 0.4) is 0 Å². The first-order valence-electron chi connectivity index (χ1n) is 8.13. The fraction of sp³-hybridized carbons (Fsp3) is 0.0909. The van der Waals surface area contributed by atoms with Crippen LogP contribution in [0.4, 0.5) is 0 Å². The molecule has 1 aliphatic rings. The van der Waals surface area contributed by atoms with Crippen molar-refractivity contribution in [1.82, 2.24) is 0 Å². The van der Waals surface area contributed by atoms with E-state index in [2.05, 4.69) is 43.3 Å². The van der Waals surface area contributed by atoms with E-state index in [4.69, 9.17) is 9.98 Å². The van der Waals surface area contributed by atoms with Gasteiger partial charge in [-0.25, -0.2) is 9.98 Å². The van der Waals surface area contributed by atoms with E-state index in [1.165, 1.54) is 0 Å². The Morgan fingerprint density at radius 1 is 0.542 bits per heavy atom. The van der Waals surface area contributed by atoms with Gasteiger partial charge in [-0.15, -0.1) is 0 Å². The predicted octanol–water partition coefficient (Wildman–Crippen LogP) is 4.85. The van der Waals surface area contributed by atoms with Crippen LogP contribution in [0.1, 0.15) is 23.6 Å². The van der Waals surface area contributed by atoms with Crippen LogP contribution in [-0.2, 0) is 5.66 Å². The van der Waals surface area contributed by atoms with Crippen molar-refractivity contribution in [2.45, 2.75) is 12.6 Å². The Labute approximate surface area is 142 Å². The normalized spacial score (nSPS) is 15.7. The van der Waals surface area contributed by atoms with Gasteiger partial charge in [-0.2, -0.15) is 0 Å². The van der Waals surface area contributed by atoms with E-state index >= 15 is 0 Å². The van der Waals surface area contributed by atoms with Gasteiger partial charge in [0, 0.05) is 16.7 Å². The molecule has 0 N–H and O–H groups in total. The summed E-state index contributed by atoms with van der Waals surface area (Å²) in [6.45, 7) is 2.07. The standard InChI is InChI=1S/C22H18N2/c1-22(19-15-9-4-10-16-19)23-20(17-11-5-2-6-12-17)21(24-22)18-13-7-3-8-14-18/h2-16H,1H3. The third kappa shape index (κ3) is 2.56. The van der Waals surface area contributed by atoms with Gasteiger partial charge in [0.05, 0.1) is 11.4 Å². The molecule has 0 spiro atoms. The van der Waals surface area contributed by atoms with Crippen molar-refractivity contribution in [3.8, 4) is 0 Å². The molecule has 0 amide bonds. The number of aliphatic imine (C=N–C) groups is 2. The van der Waals surface area contributed by atoms with Crippen molar-refractivity contribution in [2.24, 2.45) is 9.98 Å². The second-order valence-electron chi connectivity index (χ2n) is 6.04. The lowest BCUT2D eigenvalue weighted by Gasteiger charge is -2.17. The highest BCUT2D eigenvalue weighted by Crippen LogP contribution is 2.34. The van der Waals surface area contributed by atoms with Gasteiger partial charge in [-0.05, 0) is 6.92 Å². The monoisotopic (exact) mass is 310 g/mol. The van der Waals surface area contributed by atoms with E-state index in [-0.39, 0.29) is 0 Å². The molecule has 0 saturated carbocycles. The molecule has 0 atom stereocenters. The average molecular weight is 310 g/mol. The molecule has 0 radical (unpaired) electrons. The highest BCUT2D eigenvalue weighted by molar-refractivity contribution is 6.54. The Balaban J connectivity index is 1.89. The molecule has 3 aromatic rings. The average Bonchev–Trinajstić information content (AvgIpc) is 3.03. The molecule has 0 aliphatic carbocycles. The van der Waals surface area contributed by atoms with E-state index < -0.39 is 5.66 Å². The molecule has 0 saturated heterocycles. The molecule has 2 heteroatoms. The largest absolute Gasteiger partial charge is 0.248 e. The molecule has 1 aliphatic heterocycles. The van der Waals surface area contributed by atoms with Crippen molar-refractivity contribution >= 4 is 11.4 Å². The SMILES string of the molecule is CC1(c2ccccc2)N=C(c2ccccc2)C(c2ccccc2)=N1. The van der Waals surface area contributed by atoms with Crippen LogP contribution in [0.25, 0.3) is 0 Å². The molecule has 1 heterocycles. The molecule has 3 aromatic carbocycles. The van der Waals surface area contributed by atoms with Crippen LogP contribution in [0.2, 0.25) is 0 Å². The van der Waals surface area contributed by atoms with Gasteiger partial charge in [0.1, 0.15) is 0 Å². The first kappa shape index (κ1) is 14.6. The highest BCUT2D eigenvalue weighted by atomic mass is 15.1. The number of benzene rings is 3. The van der Waals surface area contributed by atoms with Gasteiger partial charge in [0.25, 0.3) is 0 Å². The van der Waals surface area contributed by atoms with Crippen LogP contribution in [0.5, 0.6) is 0 Å². The van der Waals surface area contributed by atoms with Gasteiger partial charge >= 0.3 is 0 Å². The summed E-state index contributed by atoms with van der Waals surface area (Å²) >= 11 is 0. The van der Waals surface area contributed by atoms with Gasteiger partial charge in [-0.1, -0.05) is 91.0 Å². The van der Waals surface area contributed by atoms with Crippen LogP contribution in [-0.4, -0.2) is 11.4 Å². The summed E-state index contributed by atoms with van der Waals surface area (Å²) in [5.41, 5.74) is 4.61. The Kier molecular flexibility index (Phi) is 3.58. The van der Waals surface area contributed by atoms with Crippen molar-refractivity contribution in [1.29, 1.82) is 0 Å². The van der Waals surface area contributed by atoms with E-state index in [0.29, 0.717) is 0 Å². The maximum Gasteiger partial charge on any atom is 0.174 e. The molecule has 0 aromatic heterocycles. The number of rotatable bonds is 3. The van der Waals surface area contributed by atoms with Gasteiger partial charge in [0.15, 0.2) is 5.66 Å². The molecular formula is C22H18N2. The van der Waals surface area contributed by atoms with Crippen molar-refractivity contribution in [3.63, 3.8) is 0 Å². The fourth-order valence-electron chi connectivity index (χ4n) is 3.04. The van der Waals surface area contributed by atoms with Gasteiger partial charge in [0.2, 0.25) is 0 Å². The Morgan fingerprint density at radius 3 is 1.33 bits per heavy atom. The molecular weight excluding hydrogens is 292 g/mol. The zero-order valence-electron chi connectivity index (χ0n) is 13.6. The minimum Gasteiger partial charge on any atom is -0.248 e. The summed E-state index contributed by atoms with van der Waals surface area (Å²) in [7, 11) is 0. The molecule has 4 rings (SSSR count). The summed E-state index contributed by atoms with van der Waals surface area (Å²) < 4.78 is 0. The van der Waals surface area contributed by atoms with Gasteiger partial charge in [-0.3, -0.25) is 0 Å². The second-order valence-corrected chi connectivity index (χ2v) is 6.04. The smallest absolute Gasteiger partial charge is 0.174 e. The third-order valence-electron chi connectivity index (χ3n) is 4.30. The third-order valence-corrected chi connectivity index (χ3v) is 4.30. The molecule has 0 fully saturated rings. The van der Waals surface area contributed by atoms with Crippen molar-refractivity contribution < 1.29 is 0 Å². The second kappa shape index (κ2) is 5.89. The summed E-state index contributed by atoms with van der Waals surface area (Å²) in [4.78, 5) is 10.1. The Hall–Kier alpha value is -3.00. The highest BCUT2D eigenvalue weighted by Gasteiger charge is 2.34. The lowest BCUT2D eigenvalue weighted by molar-refractivity contribution is 0.541. The van der Waals surface area contributed by atoms with E-state index in [1.54, 1.807) is 0 Å². The Bertz CT molecular complexity index is 839. The first-order chi connectivity index (χ1) is 11.8. The summed E-state index contributed by atoms with van der Waals surface area (Å²) in [5, 5.41) is 0. The zero-order chi connectivity index (χ0) is 16.4. The molecule has 0 bridgehead atoms. The summed E-state index contributed by atoms with van der Waals surface area (Å²) in [6.07, 6.45) is 0. The van der Waals surface area contributed by atoms with Crippen molar-refractivity contribution in [3.05, 3.63) is 108 Å². The van der Waals surface area contributed by atoms with Crippen LogP contribution >= 0.6 is 0 Å². The molecule has 116 valence electrons. The van der Waals surface area contributed by atoms with E-state index in [1.807, 2.05) is 54.6 Å². The van der Waals surface area contributed by atoms with Crippen LogP contribution in [0, 0.1) is 0 Å². The number of hydrogen-bond donors (Lipinski definition) is 0. The maximum atomic E-state index is 5.03.